The average Bonchev–Trinajstić information content (AvgIpc) is 2.36. The molecule has 1 unspecified atom stereocenters. The molecule has 1 aliphatic heterocycles. The summed E-state index contributed by atoms with van der Waals surface area (Å²) >= 11 is 0. The molecular formula is C15H22N2O2. The molecule has 1 aliphatic rings. The van der Waals surface area contributed by atoms with Crippen molar-refractivity contribution >= 4 is 11.6 Å². The van der Waals surface area contributed by atoms with Gasteiger partial charge in [0.15, 0.2) is 0 Å². The molecule has 19 heavy (non-hydrogen) atoms. The maximum absolute atomic E-state index is 12.4. The van der Waals surface area contributed by atoms with Crippen molar-refractivity contribution in [3.05, 3.63) is 23.3 Å². The summed E-state index contributed by atoms with van der Waals surface area (Å²) in [4.78, 5) is 12.4. The molecule has 1 aromatic carbocycles. The second kappa shape index (κ2) is 5.21. The minimum atomic E-state index is -0.490. The Hall–Kier alpha value is -1.55. The van der Waals surface area contributed by atoms with Crippen molar-refractivity contribution in [3.8, 4) is 5.75 Å². The second-order valence-electron chi connectivity index (χ2n) is 5.62. The second-order valence-corrected chi connectivity index (χ2v) is 5.62. The Balaban J connectivity index is 2.16. The molecule has 0 radical (unpaired) electrons. The highest BCUT2D eigenvalue weighted by molar-refractivity contribution is 5.98. The van der Waals surface area contributed by atoms with Crippen LogP contribution in [0.4, 0.5) is 5.69 Å². The van der Waals surface area contributed by atoms with Gasteiger partial charge in [0.05, 0.1) is 5.54 Å². The van der Waals surface area contributed by atoms with Crippen LogP contribution in [0.15, 0.2) is 12.1 Å². The Bertz CT molecular complexity index is 491. The maximum atomic E-state index is 12.4. The molecule has 104 valence electrons. The van der Waals surface area contributed by atoms with Crippen molar-refractivity contribution in [2.45, 2.75) is 45.6 Å². The maximum Gasteiger partial charge on any atom is 0.244 e. The summed E-state index contributed by atoms with van der Waals surface area (Å²) in [7, 11) is 0. The number of rotatable bonds is 2. The van der Waals surface area contributed by atoms with Gasteiger partial charge >= 0.3 is 0 Å². The molecule has 4 heteroatoms. The number of amides is 1. The number of benzene rings is 1. The van der Waals surface area contributed by atoms with E-state index in [0.717, 1.165) is 42.6 Å². The zero-order chi connectivity index (χ0) is 14.0. The largest absolute Gasteiger partial charge is 0.508 e. The van der Waals surface area contributed by atoms with E-state index in [4.69, 9.17) is 0 Å². The first-order chi connectivity index (χ1) is 8.92. The van der Waals surface area contributed by atoms with Crippen molar-refractivity contribution in [1.29, 1.82) is 0 Å². The molecule has 1 saturated heterocycles. The number of hydrogen-bond acceptors (Lipinski definition) is 3. The monoisotopic (exact) mass is 262 g/mol. The summed E-state index contributed by atoms with van der Waals surface area (Å²) in [6.07, 6.45) is 3.06. The summed E-state index contributed by atoms with van der Waals surface area (Å²) in [5.41, 5.74) is 1.92. The number of aromatic hydroxyl groups is 1. The van der Waals surface area contributed by atoms with Gasteiger partial charge in [-0.05, 0) is 69.8 Å². The van der Waals surface area contributed by atoms with Crippen molar-refractivity contribution in [2.75, 3.05) is 11.9 Å². The summed E-state index contributed by atoms with van der Waals surface area (Å²) in [6, 6.07) is 3.50. The average molecular weight is 262 g/mol. The van der Waals surface area contributed by atoms with Crippen LogP contribution in [0.2, 0.25) is 0 Å². The van der Waals surface area contributed by atoms with Gasteiger partial charge < -0.3 is 15.7 Å². The van der Waals surface area contributed by atoms with Gasteiger partial charge in [-0.1, -0.05) is 0 Å². The lowest BCUT2D eigenvalue weighted by atomic mass is 9.90. The van der Waals surface area contributed by atoms with E-state index in [-0.39, 0.29) is 11.7 Å². The third-order valence-electron chi connectivity index (χ3n) is 3.91. The van der Waals surface area contributed by atoms with Crippen molar-refractivity contribution in [2.24, 2.45) is 0 Å². The minimum absolute atomic E-state index is 0.000361. The molecule has 1 fully saturated rings. The number of phenolic OH excluding ortho intramolecular Hbond substituents is 1. The standard InChI is InChI=1S/C15H22N2O2/c1-10-9-13(18)11(2)8-12(10)17-14(19)15(3)6-4-5-7-16-15/h8-9,16,18H,4-7H2,1-3H3,(H,17,19). The number of carbonyl (C=O) groups excluding carboxylic acids is 1. The van der Waals surface area contributed by atoms with E-state index in [2.05, 4.69) is 10.6 Å². The molecule has 0 bridgehead atoms. The van der Waals surface area contributed by atoms with Crippen LogP contribution in [0, 0.1) is 13.8 Å². The number of aryl methyl sites for hydroxylation is 2. The van der Waals surface area contributed by atoms with Crippen molar-refractivity contribution < 1.29 is 9.90 Å². The smallest absolute Gasteiger partial charge is 0.244 e. The third kappa shape index (κ3) is 2.89. The molecule has 3 N–H and O–H groups in total. The molecule has 0 saturated carbocycles. The number of piperidine rings is 1. The van der Waals surface area contributed by atoms with E-state index in [9.17, 15) is 9.90 Å². The summed E-state index contributed by atoms with van der Waals surface area (Å²) in [5, 5.41) is 15.9. The molecule has 1 heterocycles. The number of anilines is 1. The lowest BCUT2D eigenvalue weighted by Gasteiger charge is -2.33. The van der Waals surface area contributed by atoms with E-state index in [0.29, 0.717) is 0 Å². The third-order valence-corrected chi connectivity index (χ3v) is 3.91. The lowest BCUT2D eigenvalue weighted by molar-refractivity contribution is -0.122. The van der Waals surface area contributed by atoms with Gasteiger partial charge in [-0.25, -0.2) is 0 Å². The Kier molecular flexibility index (Phi) is 3.80. The SMILES string of the molecule is Cc1cc(NC(=O)C2(C)CCCCN2)c(C)cc1O. The highest BCUT2D eigenvalue weighted by Crippen LogP contribution is 2.27. The Morgan fingerprint density at radius 3 is 2.68 bits per heavy atom. The number of hydrogen-bond donors (Lipinski definition) is 3. The predicted octanol–water partition coefficient (Wildman–Crippen LogP) is 2.48. The normalized spacial score (nSPS) is 23.1. The predicted molar refractivity (Wildman–Crippen MR) is 76.5 cm³/mol. The molecule has 2 rings (SSSR count). The van der Waals surface area contributed by atoms with Gasteiger partial charge in [0.1, 0.15) is 5.75 Å². The first kappa shape index (κ1) is 13.9. The van der Waals surface area contributed by atoms with Crippen LogP contribution in [0.25, 0.3) is 0 Å². The lowest BCUT2D eigenvalue weighted by Crippen LogP contribution is -2.54. The number of phenols is 1. The molecule has 1 atom stereocenters. The zero-order valence-corrected chi connectivity index (χ0v) is 11.8. The fraction of sp³-hybridized carbons (Fsp3) is 0.533. The molecule has 0 aliphatic carbocycles. The van der Waals surface area contributed by atoms with Crippen LogP contribution in [0.5, 0.6) is 5.75 Å². The van der Waals surface area contributed by atoms with Gasteiger partial charge in [0.25, 0.3) is 0 Å². The van der Waals surface area contributed by atoms with Crippen molar-refractivity contribution in [1.82, 2.24) is 5.32 Å². The highest BCUT2D eigenvalue weighted by Gasteiger charge is 2.34. The zero-order valence-electron chi connectivity index (χ0n) is 11.8. The van der Waals surface area contributed by atoms with E-state index >= 15 is 0 Å². The topological polar surface area (TPSA) is 61.4 Å². The quantitative estimate of drug-likeness (QED) is 0.718. The summed E-state index contributed by atoms with van der Waals surface area (Å²) in [5.74, 6) is 0.262. The minimum Gasteiger partial charge on any atom is -0.508 e. The molecule has 4 nitrogen and oxygen atoms in total. The highest BCUT2D eigenvalue weighted by atomic mass is 16.3. The Morgan fingerprint density at radius 1 is 1.32 bits per heavy atom. The molecule has 1 amide bonds. The first-order valence-electron chi connectivity index (χ1n) is 6.79. The summed E-state index contributed by atoms with van der Waals surface area (Å²) in [6.45, 7) is 6.54. The van der Waals surface area contributed by atoms with E-state index in [1.807, 2.05) is 26.8 Å². The van der Waals surface area contributed by atoms with E-state index in [1.165, 1.54) is 0 Å². The Labute approximate surface area is 114 Å². The van der Waals surface area contributed by atoms with Crippen LogP contribution in [-0.4, -0.2) is 23.1 Å². The van der Waals surface area contributed by atoms with Crippen LogP contribution in [-0.2, 0) is 4.79 Å². The van der Waals surface area contributed by atoms with Gasteiger partial charge in [-0.15, -0.1) is 0 Å². The number of carbonyl (C=O) groups is 1. The van der Waals surface area contributed by atoms with Crippen LogP contribution in [0.1, 0.15) is 37.3 Å². The van der Waals surface area contributed by atoms with E-state index in [1.54, 1.807) is 6.07 Å². The fourth-order valence-electron chi connectivity index (χ4n) is 2.45. The van der Waals surface area contributed by atoms with Crippen LogP contribution >= 0.6 is 0 Å². The summed E-state index contributed by atoms with van der Waals surface area (Å²) < 4.78 is 0. The van der Waals surface area contributed by atoms with Gasteiger partial charge in [-0.3, -0.25) is 4.79 Å². The Morgan fingerprint density at radius 2 is 2.05 bits per heavy atom. The fourth-order valence-corrected chi connectivity index (χ4v) is 2.45. The van der Waals surface area contributed by atoms with Crippen molar-refractivity contribution in [3.63, 3.8) is 0 Å². The van der Waals surface area contributed by atoms with E-state index < -0.39 is 5.54 Å². The van der Waals surface area contributed by atoms with Crippen LogP contribution in [0.3, 0.4) is 0 Å². The first-order valence-corrected chi connectivity index (χ1v) is 6.79. The van der Waals surface area contributed by atoms with Gasteiger partial charge in [0, 0.05) is 5.69 Å². The number of nitrogens with one attached hydrogen (secondary N) is 2. The van der Waals surface area contributed by atoms with Gasteiger partial charge in [0.2, 0.25) is 5.91 Å². The molecule has 1 aromatic rings. The van der Waals surface area contributed by atoms with Gasteiger partial charge in [-0.2, -0.15) is 0 Å². The molecule has 0 aromatic heterocycles. The van der Waals surface area contributed by atoms with Crippen LogP contribution < -0.4 is 10.6 Å². The molecular weight excluding hydrogens is 240 g/mol. The molecule has 0 spiro atoms.